The summed E-state index contributed by atoms with van der Waals surface area (Å²) in [7, 11) is -2.65. The Labute approximate surface area is 115 Å². The van der Waals surface area contributed by atoms with E-state index in [4.69, 9.17) is 5.11 Å². The number of carbonyl (C=O) groups is 1. The van der Waals surface area contributed by atoms with Crippen molar-refractivity contribution >= 4 is 16.2 Å². The first-order chi connectivity index (χ1) is 9.22. The van der Waals surface area contributed by atoms with Crippen molar-refractivity contribution in [3.05, 3.63) is 35.4 Å². The Morgan fingerprint density at radius 1 is 1.35 bits per heavy atom. The molecule has 1 aromatic carbocycles. The topological polar surface area (TPSA) is 86.7 Å². The zero-order chi connectivity index (χ0) is 15.3. The van der Waals surface area contributed by atoms with E-state index in [9.17, 15) is 22.0 Å². The largest absolute Gasteiger partial charge is 0.481 e. The van der Waals surface area contributed by atoms with Crippen LogP contribution in [0.2, 0.25) is 0 Å². The Bertz CT molecular complexity index is 592. The van der Waals surface area contributed by atoms with Crippen LogP contribution in [-0.2, 0) is 21.5 Å². The molecular weight excluding hydrogens is 294 g/mol. The van der Waals surface area contributed by atoms with Gasteiger partial charge in [-0.1, -0.05) is 6.07 Å². The van der Waals surface area contributed by atoms with Gasteiger partial charge in [0.25, 0.3) is 10.2 Å². The van der Waals surface area contributed by atoms with Gasteiger partial charge in [-0.3, -0.25) is 4.79 Å². The van der Waals surface area contributed by atoms with Crippen LogP contribution >= 0.6 is 0 Å². The molecule has 0 radical (unpaired) electrons. The lowest BCUT2D eigenvalue weighted by Gasteiger charge is -2.16. The van der Waals surface area contributed by atoms with Crippen LogP contribution < -0.4 is 4.72 Å². The highest BCUT2D eigenvalue weighted by Crippen LogP contribution is 2.09. The van der Waals surface area contributed by atoms with Gasteiger partial charge in [-0.15, -0.1) is 0 Å². The maximum atomic E-state index is 12.9. The number of carboxylic acids is 1. The fraction of sp³-hybridized carbons (Fsp3) is 0.364. The van der Waals surface area contributed by atoms with Crippen LogP contribution in [0.4, 0.5) is 8.78 Å². The highest BCUT2D eigenvalue weighted by molar-refractivity contribution is 7.87. The number of rotatable bonds is 7. The monoisotopic (exact) mass is 308 g/mol. The molecule has 20 heavy (non-hydrogen) atoms. The standard InChI is InChI=1S/C11H14F2N2O4S/c1-15(5-4-11(16)17)20(18,19)14-7-8-2-3-9(12)10(13)6-8/h2-3,6,14H,4-5,7H2,1H3,(H,16,17). The molecule has 1 aromatic rings. The van der Waals surface area contributed by atoms with Gasteiger partial charge < -0.3 is 5.11 Å². The molecule has 0 saturated heterocycles. The molecule has 0 aromatic heterocycles. The van der Waals surface area contributed by atoms with Gasteiger partial charge in [0, 0.05) is 20.1 Å². The predicted molar refractivity (Wildman–Crippen MR) is 67.0 cm³/mol. The van der Waals surface area contributed by atoms with Crippen molar-refractivity contribution in [3.8, 4) is 0 Å². The number of nitrogens with one attached hydrogen (secondary N) is 1. The molecular formula is C11H14F2N2O4S. The minimum absolute atomic E-state index is 0.192. The summed E-state index contributed by atoms with van der Waals surface area (Å²) in [6.07, 6.45) is -0.331. The maximum absolute atomic E-state index is 12.9. The molecule has 0 bridgehead atoms. The number of carboxylic acid groups (broad SMARTS) is 1. The van der Waals surface area contributed by atoms with Gasteiger partial charge in [-0.05, 0) is 17.7 Å². The van der Waals surface area contributed by atoms with Crippen LogP contribution in [0.15, 0.2) is 18.2 Å². The molecule has 0 aliphatic carbocycles. The van der Waals surface area contributed by atoms with Gasteiger partial charge in [0.15, 0.2) is 11.6 Å². The summed E-state index contributed by atoms with van der Waals surface area (Å²) in [4.78, 5) is 10.4. The first-order valence-corrected chi connectivity index (χ1v) is 7.03. The molecule has 0 unspecified atom stereocenters. The van der Waals surface area contributed by atoms with Gasteiger partial charge >= 0.3 is 5.97 Å². The smallest absolute Gasteiger partial charge is 0.304 e. The van der Waals surface area contributed by atoms with E-state index in [-0.39, 0.29) is 25.1 Å². The summed E-state index contributed by atoms with van der Waals surface area (Å²) in [5, 5.41) is 8.47. The lowest BCUT2D eigenvalue weighted by Crippen LogP contribution is -2.38. The lowest BCUT2D eigenvalue weighted by atomic mass is 10.2. The van der Waals surface area contributed by atoms with Crippen LogP contribution in [0.3, 0.4) is 0 Å². The van der Waals surface area contributed by atoms with Gasteiger partial charge in [-0.25, -0.2) is 8.78 Å². The number of aliphatic carboxylic acids is 1. The van der Waals surface area contributed by atoms with Crippen LogP contribution in [0.1, 0.15) is 12.0 Å². The van der Waals surface area contributed by atoms with Gasteiger partial charge in [0.1, 0.15) is 0 Å². The van der Waals surface area contributed by atoms with Crippen molar-refractivity contribution in [1.82, 2.24) is 9.03 Å². The average molecular weight is 308 g/mol. The third kappa shape index (κ3) is 4.83. The Morgan fingerprint density at radius 2 is 2.00 bits per heavy atom. The molecule has 112 valence electrons. The van der Waals surface area contributed by atoms with Crippen molar-refractivity contribution in [2.75, 3.05) is 13.6 Å². The second kappa shape index (κ2) is 6.73. The van der Waals surface area contributed by atoms with E-state index < -0.39 is 27.8 Å². The molecule has 1 rings (SSSR count). The molecule has 9 heteroatoms. The molecule has 0 heterocycles. The minimum atomic E-state index is -3.87. The van der Waals surface area contributed by atoms with Gasteiger partial charge in [0.2, 0.25) is 0 Å². The van der Waals surface area contributed by atoms with E-state index in [2.05, 4.69) is 4.72 Å². The molecule has 0 saturated carbocycles. The molecule has 2 N–H and O–H groups in total. The summed E-state index contributed by atoms with van der Waals surface area (Å²) >= 11 is 0. The van der Waals surface area contributed by atoms with E-state index in [1.807, 2.05) is 0 Å². The molecule has 6 nitrogen and oxygen atoms in total. The third-order valence-electron chi connectivity index (χ3n) is 2.49. The Hall–Kier alpha value is -1.58. The number of halogens is 2. The normalized spacial score (nSPS) is 11.8. The third-order valence-corrected chi connectivity index (χ3v) is 4.01. The summed E-state index contributed by atoms with van der Waals surface area (Å²) < 4.78 is 52.1. The first kappa shape index (κ1) is 16.5. The van der Waals surface area contributed by atoms with Crippen molar-refractivity contribution in [3.63, 3.8) is 0 Å². The van der Waals surface area contributed by atoms with E-state index in [0.717, 1.165) is 16.4 Å². The molecule has 0 aliphatic rings. The van der Waals surface area contributed by atoms with Gasteiger partial charge in [-0.2, -0.15) is 17.4 Å². The number of hydrogen-bond acceptors (Lipinski definition) is 3. The van der Waals surface area contributed by atoms with E-state index in [0.29, 0.717) is 0 Å². The number of benzene rings is 1. The van der Waals surface area contributed by atoms with Crippen LogP contribution in [0.25, 0.3) is 0 Å². The Kier molecular flexibility index (Phi) is 5.54. The molecule has 0 atom stereocenters. The molecule has 0 spiro atoms. The first-order valence-electron chi connectivity index (χ1n) is 5.59. The fourth-order valence-electron chi connectivity index (χ4n) is 1.31. The Balaban J connectivity index is 2.62. The van der Waals surface area contributed by atoms with E-state index >= 15 is 0 Å². The van der Waals surface area contributed by atoms with E-state index in [1.54, 1.807) is 0 Å². The summed E-state index contributed by atoms with van der Waals surface area (Å²) in [5.41, 5.74) is 0.249. The van der Waals surface area contributed by atoms with Crippen LogP contribution in [-0.4, -0.2) is 37.4 Å². The summed E-state index contributed by atoms with van der Waals surface area (Å²) in [6, 6.07) is 3.03. The minimum Gasteiger partial charge on any atom is -0.481 e. The lowest BCUT2D eigenvalue weighted by molar-refractivity contribution is -0.137. The van der Waals surface area contributed by atoms with Crippen molar-refractivity contribution in [2.24, 2.45) is 0 Å². The highest BCUT2D eigenvalue weighted by atomic mass is 32.2. The van der Waals surface area contributed by atoms with Crippen molar-refractivity contribution in [2.45, 2.75) is 13.0 Å². The predicted octanol–water partition coefficient (Wildman–Crippen LogP) is 0.706. The second-order valence-corrected chi connectivity index (χ2v) is 5.90. The Morgan fingerprint density at radius 3 is 2.55 bits per heavy atom. The number of hydrogen-bond donors (Lipinski definition) is 2. The molecule has 0 aliphatic heterocycles. The van der Waals surface area contributed by atoms with Crippen molar-refractivity contribution < 1.29 is 27.1 Å². The van der Waals surface area contributed by atoms with Crippen LogP contribution in [0.5, 0.6) is 0 Å². The zero-order valence-electron chi connectivity index (χ0n) is 10.6. The fourth-order valence-corrected chi connectivity index (χ4v) is 2.21. The summed E-state index contributed by atoms with van der Waals surface area (Å²) in [6.45, 7) is -0.417. The summed E-state index contributed by atoms with van der Waals surface area (Å²) in [5.74, 6) is -3.20. The quantitative estimate of drug-likeness (QED) is 0.776. The zero-order valence-corrected chi connectivity index (χ0v) is 11.5. The highest BCUT2D eigenvalue weighted by Gasteiger charge is 2.18. The van der Waals surface area contributed by atoms with Crippen LogP contribution in [0, 0.1) is 11.6 Å². The van der Waals surface area contributed by atoms with Gasteiger partial charge in [0.05, 0.1) is 6.42 Å². The number of nitrogens with zero attached hydrogens (tertiary/aromatic N) is 1. The molecule has 0 fully saturated rings. The SMILES string of the molecule is CN(CCC(=O)O)S(=O)(=O)NCc1ccc(F)c(F)c1. The second-order valence-electron chi connectivity index (χ2n) is 4.04. The van der Waals surface area contributed by atoms with E-state index in [1.165, 1.54) is 13.1 Å². The average Bonchev–Trinajstić information content (AvgIpc) is 2.37. The maximum Gasteiger partial charge on any atom is 0.304 e. The van der Waals surface area contributed by atoms with Crippen molar-refractivity contribution in [1.29, 1.82) is 0 Å². The molecule has 0 amide bonds.